The van der Waals surface area contributed by atoms with E-state index in [0.29, 0.717) is 10.7 Å². The van der Waals surface area contributed by atoms with Crippen LogP contribution in [0, 0.1) is 13.8 Å². The number of amides is 1. The topological polar surface area (TPSA) is 53.2 Å². The fraction of sp³-hybridized carbons (Fsp3) is 0.222. The first-order valence-corrected chi connectivity index (χ1v) is 7.93. The first-order valence-electron chi connectivity index (χ1n) is 7.52. The number of hydrogen-bond donors (Lipinski definition) is 3. The van der Waals surface area contributed by atoms with Crippen LogP contribution in [-0.2, 0) is 6.42 Å². The van der Waals surface area contributed by atoms with Crippen LogP contribution in [0.1, 0.15) is 34.0 Å². The molecule has 5 heteroatoms. The van der Waals surface area contributed by atoms with Gasteiger partial charge in [-0.25, -0.2) is 0 Å². The molecule has 3 N–H and O–H groups in total. The van der Waals surface area contributed by atoms with E-state index in [-0.39, 0.29) is 5.91 Å². The zero-order valence-electron chi connectivity index (χ0n) is 13.6. The van der Waals surface area contributed by atoms with Crippen molar-refractivity contribution in [3.05, 3.63) is 64.7 Å². The highest BCUT2D eigenvalue weighted by molar-refractivity contribution is 7.80. The van der Waals surface area contributed by atoms with Crippen molar-refractivity contribution in [2.24, 2.45) is 0 Å². The standard InChI is InChI=1S/C18H21N3OS/c1-4-14-5-7-15(8-6-14)17(22)20-21-18(23)19-16-10-12(2)9-13(3)11-16/h5-11H,4H2,1-3H3,(H,20,22)(H2,19,21,23). The van der Waals surface area contributed by atoms with E-state index in [0.717, 1.165) is 23.2 Å². The molecule has 2 aromatic rings. The number of carbonyl (C=O) groups excluding carboxylic acids is 1. The maximum absolute atomic E-state index is 12.0. The molecule has 0 aliphatic rings. The Kier molecular flexibility index (Phi) is 5.71. The first-order chi connectivity index (χ1) is 11.0. The van der Waals surface area contributed by atoms with Crippen molar-refractivity contribution < 1.29 is 4.79 Å². The molecule has 0 saturated heterocycles. The van der Waals surface area contributed by atoms with Gasteiger partial charge in [0, 0.05) is 11.3 Å². The van der Waals surface area contributed by atoms with Gasteiger partial charge in [-0.3, -0.25) is 15.6 Å². The Morgan fingerprint density at radius 1 is 1.00 bits per heavy atom. The number of rotatable bonds is 3. The lowest BCUT2D eigenvalue weighted by molar-refractivity contribution is 0.0944. The zero-order chi connectivity index (χ0) is 16.8. The average molecular weight is 327 g/mol. The minimum Gasteiger partial charge on any atom is -0.331 e. The third-order valence-electron chi connectivity index (χ3n) is 3.39. The molecule has 23 heavy (non-hydrogen) atoms. The van der Waals surface area contributed by atoms with E-state index in [1.165, 1.54) is 5.56 Å². The van der Waals surface area contributed by atoms with Crippen molar-refractivity contribution in [3.8, 4) is 0 Å². The van der Waals surface area contributed by atoms with Gasteiger partial charge >= 0.3 is 0 Å². The largest absolute Gasteiger partial charge is 0.331 e. The van der Waals surface area contributed by atoms with Gasteiger partial charge in [0.15, 0.2) is 5.11 Å². The summed E-state index contributed by atoms with van der Waals surface area (Å²) in [6, 6.07) is 13.6. The van der Waals surface area contributed by atoms with Gasteiger partial charge in [-0.15, -0.1) is 0 Å². The van der Waals surface area contributed by atoms with Crippen molar-refractivity contribution in [1.29, 1.82) is 0 Å². The zero-order valence-corrected chi connectivity index (χ0v) is 14.4. The van der Waals surface area contributed by atoms with E-state index in [2.05, 4.69) is 29.2 Å². The highest BCUT2D eigenvalue weighted by Gasteiger charge is 2.06. The highest BCUT2D eigenvalue weighted by Crippen LogP contribution is 2.13. The molecule has 0 fully saturated rings. The number of hydrazine groups is 1. The van der Waals surface area contributed by atoms with Gasteiger partial charge in [0.2, 0.25) is 0 Å². The van der Waals surface area contributed by atoms with Crippen molar-refractivity contribution in [3.63, 3.8) is 0 Å². The Balaban J connectivity index is 1.89. The molecule has 1 amide bonds. The summed E-state index contributed by atoms with van der Waals surface area (Å²) in [7, 11) is 0. The Morgan fingerprint density at radius 3 is 2.17 bits per heavy atom. The summed E-state index contributed by atoms with van der Waals surface area (Å²) < 4.78 is 0. The normalized spacial score (nSPS) is 10.0. The molecule has 4 nitrogen and oxygen atoms in total. The van der Waals surface area contributed by atoms with Crippen LogP contribution < -0.4 is 16.2 Å². The van der Waals surface area contributed by atoms with Crippen molar-refractivity contribution in [2.75, 3.05) is 5.32 Å². The summed E-state index contributed by atoms with van der Waals surface area (Å²) in [6.07, 6.45) is 0.948. The summed E-state index contributed by atoms with van der Waals surface area (Å²) in [5.41, 5.74) is 10.3. The number of hydrogen-bond acceptors (Lipinski definition) is 2. The molecule has 0 radical (unpaired) electrons. The van der Waals surface area contributed by atoms with Crippen LogP contribution in [0.25, 0.3) is 0 Å². The van der Waals surface area contributed by atoms with Gasteiger partial charge in [0.1, 0.15) is 0 Å². The predicted octanol–water partition coefficient (Wildman–Crippen LogP) is 3.50. The number of carbonyl (C=O) groups is 1. The van der Waals surface area contributed by atoms with Crippen LogP contribution >= 0.6 is 12.2 Å². The van der Waals surface area contributed by atoms with E-state index in [1.54, 1.807) is 12.1 Å². The second kappa shape index (κ2) is 7.74. The monoisotopic (exact) mass is 327 g/mol. The number of thiocarbonyl (C=S) groups is 1. The minimum absolute atomic E-state index is 0.225. The molecule has 0 aromatic heterocycles. The molecule has 0 aliphatic heterocycles. The quantitative estimate of drug-likeness (QED) is 0.597. The number of aryl methyl sites for hydroxylation is 3. The molecule has 2 rings (SSSR count). The van der Waals surface area contributed by atoms with E-state index < -0.39 is 0 Å². The minimum atomic E-state index is -0.225. The van der Waals surface area contributed by atoms with Crippen molar-refractivity contribution >= 4 is 28.9 Å². The molecular weight excluding hydrogens is 306 g/mol. The Bertz CT molecular complexity index is 690. The molecule has 0 saturated carbocycles. The molecule has 0 atom stereocenters. The van der Waals surface area contributed by atoms with Crippen LogP contribution in [0.5, 0.6) is 0 Å². The molecule has 0 heterocycles. The molecule has 120 valence electrons. The summed E-state index contributed by atoms with van der Waals surface area (Å²) in [6.45, 7) is 6.13. The summed E-state index contributed by atoms with van der Waals surface area (Å²) in [5, 5.41) is 3.40. The van der Waals surface area contributed by atoms with Crippen molar-refractivity contribution in [1.82, 2.24) is 10.9 Å². The Hall–Kier alpha value is -2.40. The third kappa shape index (κ3) is 5.07. The lowest BCUT2D eigenvalue weighted by Crippen LogP contribution is -2.43. The van der Waals surface area contributed by atoms with E-state index in [4.69, 9.17) is 12.2 Å². The maximum Gasteiger partial charge on any atom is 0.269 e. The van der Waals surface area contributed by atoms with Crippen LogP contribution in [0.3, 0.4) is 0 Å². The lowest BCUT2D eigenvalue weighted by Gasteiger charge is -2.13. The molecule has 0 spiro atoms. The van der Waals surface area contributed by atoms with E-state index in [9.17, 15) is 4.79 Å². The fourth-order valence-electron chi connectivity index (χ4n) is 2.29. The number of nitrogens with one attached hydrogen (secondary N) is 3. The smallest absolute Gasteiger partial charge is 0.269 e. The molecular formula is C18H21N3OS. The van der Waals surface area contributed by atoms with Crippen LogP contribution in [0.15, 0.2) is 42.5 Å². The van der Waals surface area contributed by atoms with Gasteiger partial charge < -0.3 is 5.32 Å². The summed E-state index contributed by atoms with van der Waals surface area (Å²) in [4.78, 5) is 12.0. The molecule has 2 aromatic carbocycles. The van der Waals surface area contributed by atoms with Crippen LogP contribution in [0.2, 0.25) is 0 Å². The fourth-order valence-corrected chi connectivity index (χ4v) is 2.46. The van der Waals surface area contributed by atoms with E-state index >= 15 is 0 Å². The highest BCUT2D eigenvalue weighted by atomic mass is 32.1. The summed E-state index contributed by atoms with van der Waals surface area (Å²) in [5.74, 6) is -0.225. The Morgan fingerprint density at radius 2 is 1.61 bits per heavy atom. The lowest BCUT2D eigenvalue weighted by atomic mass is 10.1. The van der Waals surface area contributed by atoms with Gasteiger partial charge in [-0.1, -0.05) is 25.1 Å². The predicted molar refractivity (Wildman–Crippen MR) is 98.6 cm³/mol. The number of benzene rings is 2. The van der Waals surface area contributed by atoms with Crippen molar-refractivity contribution in [2.45, 2.75) is 27.2 Å². The second-order valence-corrected chi connectivity index (χ2v) is 5.87. The molecule has 0 unspecified atom stereocenters. The van der Waals surface area contributed by atoms with E-state index in [1.807, 2.05) is 38.1 Å². The first kappa shape index (κ1) is 17.0. The molecule has 0 bridgehead atoms. The Labute approximate surface area is 142 Å². The van der Waals surface area contributed by atoms with Crippen LogP contribution in [0.4, 0.5) is 5.69 Å². The molecule has 0 aliphatic carbocycles. The van der Waals surface area contributed by atoms with Gasteiger partial charge in [-0.2, -0.15) is 0 Å². The third-order valence-corrected chi connectivity index (χ3v) is 3.60. The van der Waals surface area contributed by atoms with Crippen LogP contribution in [-0.4, -0.2) is 11.0 Å². The number of anilines is 1. The summed E-state index contributed by atoms with van der Waals surface area (Å²) >= 11 is 5.19. The van der Waals surface area contributed by atoms with Gasteiger partial charge in [-0.05, 0) is 73.4 Å². The maximum atomic E-state index is 12.0. The average Bonchev–Trinajstić information content (AvgIpc) is 2.51. The van der Waals surface area contributed by atoms with Gasteiger partial charge in [0.25, 0.3) is 5.91 Å². The SMILES string of the molecule is CCc1ccc(C(=O)NNC(=S)Nc2cc(C)cc(C)c2)cc1. The second-order valence-electron chi connectivity index (χ2n) is 5.46. The van der Waals surface area contributed by atoms with Gasteiger partial charge in [0.05, 0.1) is 0 Å².